The summed E-state index contributed by atoms with van der Waals surface area (Å²) >= 11 is 6.22. The molecule has 0 spiro atoms. The van der Waals surface area contributed by atoms with Crippen molar-refractivity contribution < 1.29 is 14.3 Å². The molecule has 1 amide bonds. The molecule has 2 atom stereocenters. The highest BCUT2D eigenvalue weighted by Gasteiger charge is 2.42. The monoisotopic (exact) mass is 457 g/mol. The number of rotatable bonds is 5. The Morgan fingerprint density at radius 2 is 2.06 bits per heavy atom. The van der Waals surface area contributed by atoms with Gasteiger partial charge >= 0.3 is 6.09 Å². The normalized spacial score (nSPS) is 16.9. The van der Waals surface area contributed by atoms with Crippen LogP contribution < -0.4 is 10.3 Å². The molecule has 7 nitrogen and oxygen atoms in total. The van der Waals surface area contributed by atoms with E-state index < -0.39 is 29.7 Å². The number of nitrogens with one attached hydrogen (secondary N) is 2. The van der Waals surface area contributed by atoms with Gasteiger partial charge in [0.2, 0.25) is 0 Å². The molecule has 32 heavy (non-hydrogen) atoms. The number of hydrogen-bond acceptors (Lipinski definition) is 4. The number of para-hydroxylation sites is 1. The summed E-state index contributed by atoms with van der Waals surface area (Å²) < 4.78 is 14.6. The molecule has 1 aliphatic heterocycles. The molecule has 0 aliphatic carbocycles. The Morgan fingerprint density at radius 3 is 2.75 bits per heavy atom. The van der Waals surface area contributed by atoms with Gasteiger partial charge < -0.3 is 15.0 Å². The standard InChI is InChI=1S/C23H25ClFN5O2/c1-23(2,3)30(22(31)32)20(10-14-12-26-18-9-8-15(24)11-16(14)18)21-28-27-13-29(21)19-7-5-4-6-17(19)25/h4-9,11-13,20-21,26,28H,10H2,1-3H3,(H,31,32)/t20-,21?/m1/s1. The van der Waals surface area contributed by atoms with Crippen molar-refractivity contribution in [3.8, 4) is 0 Å². The third kappa shape index (κ3) is 4.10. The minimum Gasteiger partial charge on any atom is -0.465 e. The van der Waals surface area contributed by atoms with Crippen molar-refractivity contribution >= 4 is 40.6 Å². The van der Waals surface area contributed by atoms with Gasteiger partial charge in [0.05, 0.1) is 11.7 Å². The third-order valence-corrected chi connectivity index (χ3v) is 5.84. The van der Waals surface area contributed by atoms with E-state index in [-0.39, 0.29) is 0 Å². The van der Waals surface area contributed by atoms with Crippen molar-refractivity contribution in [3.05, 3.63) is 65.1 Å². The van der Waals surface area contributed by atoms with Gasteiger partial charge in [-0.1, -0.05) is 23.7 Å². The molecule has 2 aromatic carbocycles. The fourth-order valence-electron chi connectivity index (χ4n) is 4.27. The number of H-pyrrole nitrogens is 1. The summed E-state index contributed by atoms with van der Waals surface area (Å²) in [6, 6.07) is 11.3. The first-order chi connectivity index (χ1) is 15.2. The third-order valence-electron chi connectivity index (χ3n) is 5.60. The van der Waals surface area contributed by atoms with Crippen LogP contribution in [0, 0.1) is 5.82 Å². The van der Waals surface area contributed by atoms with Crippen LogP contribution in [-0.2, 0) is 6.42 Å². The highest BCUT2D eigenvalue weighted by molar-refractivity contribution is 6.31. The highest BCUT2D eigenvalue weighted by Crippen LogP contribution is 2.31. The first-order valence-electron chi connectivity index (χ1n) is 10.3. The molecule has 0 saturated heterocycles. The lowest BCUT2D eigenvalue weighted by Gasteiger charge is -2.44. The second kappa shape index (κ2) is 8.35. The van der Waals surface area contributed by atoms with Crippen LogP contribution >= 0.6 is 11.6 Å². The van der Waals surface area contributed by atoms with Crippen LogP contribution in [0.5, 0.6) is 0 Å². The zero-order valence-electron chi connectivity index (χ0n) is 18.0. The van der Waals surface area contributed by atoms with Crippen molar-refractivity contribution in [1.29, 1.82) is 0 Å². The fraction of sp³-hybridized carbons (Fsp3) is 0.304. The van der Waals surface area contributed by atoms with Gasteiger partial charge in [-0.3, -0.25) is 10.3 Å². The maximum atomic E-state index is 14.6. The van der Waals surface area contributed by atoms with Gasteiger partial charge in [0.1, 0.15) is 18.3 Å². The van der Waals surface area contributed by atoms with Gasteiger partial charge in [-0.15, -0.1) is 0 Å². The van der Waals surface area contributed by atoms with Crippen LogP contribution in [0.25, 0.3) is 10.9 Å². The molecule has 4 rings (SSSR count). The molecule has 1 aliphatic rings. The van der Waals surface area contributed by atoms with E-state index in [4.69, 9.17) is 11.6 Å². The summed E-state index contributed by atoms with van der Waals surface area (Å²) in [6.45, 7) is 5.51. The SMILES string of the molecule is CC(C)(C)N(C(=O)O)[C@H](Cc1c[nH]c2ccc(Cl)cc12)C1NN=CN1c1ccccc1F. The van der Waals surface area contributed by atoms with Crippen LogP contribution in [-0.4, -0.2) is 45.2 Å². The summed E-state index contributed by atoms with van der Waals surface area (Å²) in [5.74, 6) is -0.414. The lowest BCUT2D eigenvalue weighted by Crippen LogP contribution is -2.62. The van der Waals surface area contributed by atoms with E-state index in [9.17, 15) is 14.3 Å². The van der Waals surface area contributed by atoms with Crippen molar-refractivity contribution in [1.82, 2.24) is 15.3 Å². The summed E-state index contributed by atoms with van der Waals surface area (Å²) in [6.07, 6.45) is 2.02. The Morgan fingerprint density at radius 1 is 1.31 bits per heavy atom. The molecule has 9 heteroatoms. The molecular formula is C23H25ClFN5O2. The van der Waals surface area contributed by atoms with Crippen molar-refractivity contribution in [3.63, 3.8) is 0 Å². The number of carboxylic acid groups (broad SMARTS) is 1. The predicted octanol–water partition coefficient (Wildman–Crippen LogP) is 5.03. The van der Waals surface area contributed by atoms with Gasteiger partial charge in [-0.05, 0) is 63.1 Å². The maximum Gasteiger partial charge on any atom is 0.408 e. The van der Waals surface area contributed by atoms with Crippen molar-refractivity contribution in [2.45, 2.75) is 44.9 Å². The topological polar surface area (TPSA) is 84.0 Å². The molecule has 2 heterocycles. The van der Waals surface area contributed by atoms with E-state index >= 15 is 0 Å². The summed E-state index contributed by atoms with van der Waals surface area (Å²) in [7, 11) is 0. The number of halogens is 2. The molecule has 3 aromatic rings. The molecule has 0 radical (unpaired) electrons. The minimum atomic E-state index is -1.07. The van der Waals surface area contributed by atoms with E-state index in [2.05, 4.69) is 15.5 Å². The molecule has 0 fully saturated rings. The van der Waals surface area contributed by atoms with Crippen LogP contribution in [0.4, 0.5) is 14.9 Å². The maximum absolute atomic E-state index is 14.6. The number of amides is 1. The average Bonchev–Trinajstić information content (AvgIpc) is 3.33. The fourth-order valence-corrected chi connectivity index (χ4v) is 4.44. The number of hydrazone groups is 1. The molecule has 1 unspecified atom stereocenters. The van der Waals surface area contributed by atoms with Crippen molar-refractivity contribution in [2.24, 2.45) is 5.10 Å². The number of aromatic amines is 1. The van der Waals surface area contributed by atoms with E-state index in [0.29, 0.717) is 17.1 Å². The number of carbonyl (C=O) groups is 1. The summed E-state index contributed by atoms with van der Waals surface area (Å²) in [4.78, 5) is 18.7. The van der Waals surface area contributed by atoms with Crippen LogP contribution in [0.2, 0.25) is 5.02 Å². The van der Waals surface area contributed by atoms with E-state index in [1.54, 1.807) is 29.2 Å². The van der Waals surface area contributed by atoms with Crippen molar-refractivity contribution in [2.75, 3.05) is 4.90 Å². The van der Waals surface area contributed by atoms with Gasteiger partial charge in [0.15, 0.2) is 0 Å². The van der Waals surface area contributed by atoms with E-state index in [1.165, 1.54) is 17.3 Å². The van der Waals surface area contributed by atoms with Gasteiger partial charge in [-0.25, -0.2) is 9.18 Å². The van der Waals surface area contributed by atoms with E-state index in [0.717, 1.165) is 16.5 Å². The number of aromatic nitrogens is 1. The molecule has 168 valence electrons. The Balaban J connectivity index is 1.79. The summed E-state index contributed by atoms with van der Waals surface area (Å²) in [5, 5.41) is 15.8. The Bertz CT molecular complexity index is 1170. The van der Waals surface area contributed by atoms with E-state index in [1.807, 2.05) is 39.1 Å². The van der Waals surface area contributed by atoms with Gasteiger partial charge in [0, 0.05) is 27.7 Å². The second-order valence-corrected chi connectivity index (χ2v) is 9.21. The lowest BCUT2D eigenvalue weighted by molar-refractivity contribution is 0.0585. The number of hydrogen-bond donors (Lipinski definition) is 3. The smallest absolute Gasteiger partial charge is 0.408 e. The predicted molar refractivity (Wildman–Crippen MR) is 125 cm³/mol. The van der Waals surface area contributed by atoms with Crippen LogP contribution in [0.15, 0.2) is 53.8 Å². The number of benzene rings is 2. The molecule has 1 aromatic heterocycles. The quantitative estimate of drug-likeness (QED) is 0.501. The summed E-state index contributed by atoms with van der Waals surface area (Å²) in [5.41, 5.74) is 4.41. The van der Waals surface area contributed by atoms with Crippen LogP contribution in [0.1, 0.15) is 26.3 Å². The van der Waals surface area contributed by atoms with Gasteiger partial charge in [0.25, 0.3) is 0 Å². The Hall–Kier alpha value is -3.26. The highest BCUT2D eigenvalue weighted by atomic mass is 35.5. The number of fused-ring (bicyclic) bond motifs is 1. The molecular weight excluding hydrogens is 433 g/mol. The number of anilines is 1. The zero-order chi connectivity index (χ0) is 23.0. The Labute approximate surface area is 190 Å². The molecule has 3 N–H and O–H groups in total. The first kappa shape index (κ1) is 22.0. The largest absolute Gasteiger partial charge is 0.465 e. The Kier molecular flexibility index (Phi) is 5.73. The zero-order valence-corrected chi connectivity index (χ0v) is 18.8. The second-order valence-electron chi connectivity index (χ2n) is 8.78. The number of nitrogens with zero attached hydrogens (tertiary/aromatic N) is 3. The van der Waals surface area contributed by atoms with Crippen LogP contribution in [0.3, 0.4) is 0 Å². The minimum absolute atomic E-state index is 0.317. The lowest BCUT2D eigenvalue weighted by atomic mass is 9.95. The molecule has 0 saturated carbocycles. The first-order valence-corrected chi connectivity index (χ1v) is 10.6. The average molecular weight is 458 g/mol. The van der Waals surface area contributed by atoms with Gasteiger partial charge in [-0.2, -0.15) is 5.10 Å². The molecule has 0 bridgehead atoms.